The molecule has 0 bridgehead atoms. The Morgan fingerprint density at radius 2 is 1.93 bits per heavy atom. The summed E-state index contributed by atoms with van der Waals surface area (Å²) in [5, 5.41) is 7.97. The first kappa shape index (κ1) is 18.6. The lowest BCUT2D eigenvalue weighted by Crippen LogP contribution is -2.38. The zero-order chi connectivity index (χ0) is 19.7. The summed E-state index contributed by atoms with van der Waals surface area (Å²) < 4.78 is 59.8. The highest BCUT2D eigenvalue weighted by Gasteiger charge is 2.38. The predicted octanol–water partition coefficient (Wildman–Crippen LogP) is 3.33. The zero-order valence-corrected chi connectivity index (χ0v) is 15.4. The third-order valence-electron chi connectivity index (χ3n) is 4.56. The van der Waals surface area contributed by atoms with E-state index in [0.29, 0.717) is 24.6 Å². The Morgan fingerprint density at radius 3 is 2.68 bits per heavy atom. The van der Waals surface area contributed by atoms with E-state index in [1.807, 2.05) is 0 Å². The summed E-state index contributed by atoms with van der Waals surface area (Å²) in [5.41, 5.74) is 0.479. The first-order chi connectivity index (χ1) is 13.5. The van der Waals surface area contributed by atoms with Crippen LogP contribution in [0.4, 0.5) is 8.78 Å². The second kappa shape index (κ2) is 7.36. The van der Waals surface area contributed by atoms with E-state index < -0.39 is 27.7 Å². The molecule has 1 aliphatic heterocycles. The third-order valence-corrected chi connectivity index (χ3v) is 6.47. The molecule has 28 heavy (non-hydrogen) atoms. The van der Waals surface area contributed by atoms with Crippen molar-refractivity contribution in [1.82, 2.24) is 19.5 Å². The van der Waals surface area contributed by atoms with E-state index in [1.165, 1.54) is 4.31 Å². The summed E-state index contributed by atoms with van der Waals surface area (Å²) in [6, 6.07) is 7.07. The molecule has 146 valence electrons. The molecule has 1 atom stereocenters. The van der Waals surface area contributed by atoms with E-state index >= 15 is 0 Å². The van der Waals surface area contributed by atoms with Crippen molar-refractivity contribution in [3.8, 4) is 11.6 Å². The van der Waals surface area contributed by atoms with Crippen molar-refractivity contribution >= 4 is 10.0 Å². The third kappa shape index (κ3) is 3.40. The van der Waals surface area contributed by atoms with Gasteiger partial charge in [0.05, 0.1) is 4.90 Å². The topological polar surface area (TPSA) is 89.2 Å². The minimum absolute atomic E-state index is 0.145. The normalized spacial score (nSPS) is 18.3. The lowest BCUT2D eigenvalue weighted by atomic mass is 10.1. The van der Waals surface area contributed by atoms with E-state index in [2.05, 4.69) is 15.2 Å². The fourth-order valence-electron chi connectivity index (χ4n) is 3.17. The molecule has 1 aliphatic rings. The van der Waals surface area contributed by atoms with Crippen LogP contribution >= 0.6 is 0 Å². The van der Waals surface area contributed by atoms with Crippen LogP contribution < -0.4 is 0 Å². The molecule has 1 aromatic carbocycles. The van der Waals surface area contributed by atoms with Crippen LogP contribution in [-0.4, -0.2) is 34.4 Å². The minimum Gasteiger partial charge on any atom is -0.417 e. The van der Waals surface area contributed by atoms with Crippen LogP contribution in [-0.2, 0) is 10.0 Å². The van der Waals surface area contributed by atoms with Gasteiger partial charge in [-0.2, -0.15) is 4.31 Å². The Kier molecular flexibility index (Phi) is 4.90. The van der Waals surface area contributed by atoms with Gasteiger partial charge in [-0.1, -0.05) is 12.5 Å². The molecule has 0 aliphatic carbocycles. The highest BCUT2D eigenvalue weighted by molar-refractivity contribution is 7.89. The second-order valence-electron chi connectivity index (χ2n) is 6.36. The van der Waals surface area contributed by atoms with E-state index in [1.54, 1.807) is 24.4 Å². The summed E-state index contributed by atoms with van der Waals surface area (Å²) in [6.07, 6.45) is 3.48. The van der Waals surface area contributed by atoms with Crippen LogP contribution in [0.3, 0.4) is 0 Å². The smallest absolute Gasteiger partial charge is 0.266 e. The monoisotopic (exact) mass is 406 g/mol. The van der Waals surface area contributed by atoms with Gasteiger partial charge in [0.2, 0.25) is 15.9 Å². The molecule has 3 heterocycles. The number of nitrogens with zero attached hydrogens (tertiary/aromatic N) is 4. The lowest BCUT2D eigenvalue weighted by Gasteiger charge is -2.32. The Bertz CT molecular complexity index is 1090. The molecule has 0 spiro atoms. The van der Waals surface area contributed by atoms with Crippen LogP contribution in [0.2, 0.25) is 0 Å². The number of piperidine rings is 1. The Balaban J connectivity index is 1.68. The van der Waals surface area contributed by atoms with Gasteiger partial charge in [0, 0.05) is 12.7 Å². The van der Waals surface area contributed by atoms with E-state index in [-0.39, 0.29) is 23.2 Å². The number of pyridine rings is 1. The predicted molar refractivity (Wildman–Crippen MR) is 94.4 cm³/mol. The van der Waals surface area contributed by atoms with Crippen molar-refractivity contribution in [2.75, 3.05) is 6.54 Å². The minimum atomic E-state index is -4.07. The van der Waals surface area contributed by atoms with Crippen LogP contribution in [0.25, 0.3) is 11.6 Å². The molecule has 1 fully saturated rings. The number of benzene rings is 1. The Morgan fingerprint density at radius 1 is 1.07 bits per heavy atom. The molecule has 2 aromatic heterocycles. The van der Waals surface area contributed by atoms with Gasteiger partial charge >= 0.3 is 0 Å². The SMILES string of the molecule is O=S(=O)(c1ccc(F)c(F)c1)N1CCCC[C@H]1c1nnc(-c2ccccn2)o1. The first-order valence-corrected chi connectivity index (χ1v) is 10.1. The number of rotatable bonds is 4. The number of sulfonamides is 1. The fourth-order valence-corrected chi connectivity index (χ4v) is 4.84. The van der Waals surface area contributed by atoms with Crippen molar-refractivity contribution in [3.63, 3.8) is 0 Å². The standard InChI is InChI=1S/C18H16F2N4O3S/c19-13-8-7-12(11-14(13)20)28(25,26)24-10-4-2-6-16(24)18-23-22-17(27-18)15-5-1-3-9-21-15/h1,3,5,7-9,11,16H,2,4,6,10H2/t16-/m0/s1. The number of hydrogen-bond acceptors (Lipinski definition) is 6. The van der Waals surface area contributed by atoms with Crippen LogP contribution in [0.5, 0.6) is 0 Å². The summed E-state index contributed by atoms with van der Waals surface area (Å²) in [7, 11) is -4.07. The maximum atomic E-state index is 13.6. The summed E-state index contributed by atoms with van der Waals surface area (Å²) in [6.45, 7) is 0.216. The average Bonchev–Trinajstić information content (AvgIpc) is 3.21. The molecule has 1 saturated heterocycles. The van der Waals surface area contributed by atoms with E-state index in [9.17, 15) is 17.2 Å². The van der Waals surface area contributed by atoms with Crippen LogP contribution in [0.1, 0.15) is 31.2 Å². The number of halogens is 2. The van der Waals surface area contributed by atoms with Crippen molar-refractivity contribution in [2.24, 2.45) is 0 Å². The van der Waals surface area contributed by atoms with Gasteiger partial charge in [-0.15, -0.1) is 10.2 Å². The summed E-state index contributed by atoms with van der Waals surface area (Å²) >= 11 is 0. The van der Waals surface area contributed by atoms with Crippen LogP contribution in [0, 0.1) is 11.6 Å². The average molecular weight is 406 g/mol. The Labute approximate surface area is 160 Å². The molecule has 4 rings (SSSR count). The maximum Gasteiger partial charge on any atom is 0.266 e. The summed E-state index contributed by atoms with van der Waals surface area (Å²) in [5.74, 6) is -1.99. The quantitative estimate of drug-likeness (QED) is 0.660. The second-order valence-corrected chi connectivity index (χ2v) is 8.25. The molecule has 3 aromatic rings. The highest BCUT2D eigenvalue weighted by Crippen LogP contribution is 2.35. The fraction of sp³-hybridized carbons (Fsp3) is 0.278. The zero-order valence-electron chi connectivity index (χ0n) is 14.6. The van der Waals surface area contributed by atoms with E-state index in [0.717, 1.165) is 18.6 Å². The molecular weight excluding hydrogens is 390 g/mol. The molecular formula is C18H16F2N4O3S. The van der Waals surface area contributed by atoms with Gasteiger partial charge in [-0.3, -0.25) is 4.98 Å². The Hall–Kier alpha value is -2.72. The largest absolute Gasteiger partial charge is 0.417 e. The van der Waals surface area contributed by atoms with Crippen molar-refractivity contribution in [2.45, 2.75) is 30.2 Å². The molecule has 0 unspecified atom stereocenters. The highest BCUT2D eigenvalue weighted by atomic mass is 32.2. The molecule has 0 saturated carbocycles. The maximum absolute atomic E-state index is 13.6. The van der Waals surface area contributed by atoms with Gasteiger partial charge in [0.1, 0.15) is 11.7 Å². The molecule has 0 N–H and O–H groups in total. The molecule has 0 radical (unpaired) electrons. The van der Waals surface area contributed by atoms with E-state index in [4.69, 9.17) is 4.42 Å². The van der Waals surface area contributed by atoms with Gasteiger partial charge < -0.3 is 4.42 Å². The van der Waals surface area contributed by atoms with Crippen molar-refractivity contribution in [1.29, 1.82) is 0 Å². The van der Waals surface area contributed by atoms with Gasteiger partial charge in [-0.05, 0) is 43.2 Å². The van der Waals surface area contributed by atoms with Gasteiger partial charge in [0.15, 0.2) is 11.6 Å². The van der Waals surface area contributed by atoms with Gasteiger partial charge in [0.25, 0.3) is 5.89 Å². The summed E-state index contributed by atoms with van der Waals surface area (Å²) in [4.78, 5) is 3.82. The lowest BCUT2D eigenvalue weighted by molar-refractivity contribution is 0.220. The molecule has 7 nitrogen and oxygen atoms in total. The van der Waals surface area contributed by atoms with Crippen LogP contribution in [0.15, 0.2) is 51.9 Å². The molecule has 10 heteroatoms. The van der Waals surface area contributed by atoms with Crippen molar-refractivity contribution in [3.05, 3.63) is 60.1 Å². The first-order valence-electron chi connectivity index (χ1n) is 8.68. The number of hydrogen-bond donors (Lipinski definition) is 0. The number of aromatic nitrogens is 3. The van der Waals surface area contributed by atoms with Gasteiger partial charge in [-0.25, -0.2) is 17.2 Å². The van der Waals surface area contributed by atoms with Crippen molar-refractivity contribution < 1.29 is 21.6 Å². The molecule has 0 amide bonds.